The van der Waals surface area contributed by atoms with Gasteiger partial charge in [-0.05, 0) is 131 Å². The van der Waals surface area contributed by atoms with Crippen LogP contribution in [0.5, 0.6) is 0 Å². The van der Waals surface area contributed by atoms with Crippen LogP contribution in [0.2, 0.25) is 0 Å². The van der Waals surface area contributed by atoms with Crippen LogP contribution in [0.3, 0.4) is 0 Å². The van der Waals surface area contributed by atoms with E-state index in [-0.39, 0.29) is 11.5 Å². The third-order valence-electron chi connectivity index (χ3n) is 8.90. The molecule has 0 aliphatic heterocycles. The van der Waals surface area contributed by atoms with Crippen molar-refractivity contribution < 1.29 is 8.42 Å². The van der Waals surface area contributed by atoms with E-state index in [4.69, 9.17) is 0 Å². The molecule has 0 amide bonds. The van der Waals surface area contributed by atoms with Gasteiger partial charge in [-0.2, -0.15) is 0 Å². The molecule has 4 fully saturated rings. The molecule has 1 N–H and O–H groups in total. The topological polar surface area (TPSA) is 46.2 Å². The first-order valence-corrected chi connectivity index (χ1v) is 13.2. The Hall–Kier alpha value is -0.870. The number of benzene rings is 1. The zero-order valence-electron chi connectivity index (χ0n) is 19.2. The van der Waals surface area contributed by atoms with Gasteiger partial charge in [0.1, 0.15) is 0 Å². The first kappa shape index (κ1) is 21.4. The summed E-state index contributed by atoms with van der Waals surface area (Å²) in [5.41, 5.74) is 5.45. The molecular weight excluding hydrogens is 378 g/mol. The van der Waals surface area contributed by atoms with E-state index in [2.05, 4.69) is 32.4 Å². The van der Waals surface area contributed by atoms with Crippen molar-refractivity contribution in [2.45, 2.75) is 104 Å². The monoisotopic (exact) mass is 417 g/mol. The summed E-state index contributed by atoms with van der Waals surface area (Å²) in [6, 6.07) is 0.0756. The average molecular weight is 418 g/mol. The minimum absolute atomic E-state index is 0.0756. The van der Waals surface area contributed by atoms with Crippen molar-refractivity contribution in [1.29, 1.82) is 0 Å². The highest BCUT2D eigenvalue weighted by molar-refractivity contribution is 7.89. The van der Waals surface area contributed by atoms with Crippen molar-refractivity contribution in [3.8, 4) is 0 Å². The Bertz CT molecular complexity index is 851. The summed E-state index contributed by atoms with van der Waals surface area (Å²) in [6.45, 7) is 12.4. The molecule has 0 saturated heterocycles. The van der Waals surface area contributed by atoms with Crippen LogP contribution < -0.4 is 4.72 Å². The molecule has 1 aromatic rings. The van der Waals surface area contributed by atoms with E-state index < -0.39 is 10.0 Å². The highest BCUT2D eigenvalue weighted by Crippen LogP contribution is 2.61. The van der Waals surface area contributed by atoms with E-state index in [1.807, 2.05) is 13.8 Å². The largest absolute Gasteiger partial charge is 0.241 e. The van der Waals surface area contributed by atoms with E-state index in [1.54, 1.807) is 0 Å². The van der Waals surface area contributed by atoms with Gasteiger partial charge in [-0.25, -0.2) is 13.1 Å². The molecule has 4 saturated carbocycles. The molecule has 1 atom stereocenters. The lowest BCUT2D eigenvalue weighted by atomic mass is 9.47. The summed E-state index contributed by atoms with van der Waals surface area (Å²) in [7, 11) is -3.55. The number of hydrogen-bond acceptors (Lipinski definition) is 2. The van der Waals surface area contributed by atoms with Crippen LogP contribution in [0.4, 0.5) is 0 Å². The van der Waals surface area contributed by atoms with Gasteiger partial charge >= 0.3 is 0 Å². The van der Waals surface area contributed by atoms with Gasteiger partial charge in [-0.1, -0.05) is 13.3 Å². The van der Waals surface area contributed by atoms with Gasteiger partial charge in [0.2, 0.25) is 10.0 Å². The molecule has 29 heavy (non-hydrogen) atoms. The minimum atomic E-state index is -3.55. The summed E-state index contributed by atoms with van der Waals surface area (Å²) in [5, 5.41) is 0. The molecule has 0 heterocycles. The third-order valence-corrected chi connectivity index (χ3v) is 10.6. The zero-order valence-corrected chi connectivity index (χ0v) is 20.0. The number of hydrogen-bond donors (Lipinski definition) is 1. The lowest BCUT2D eigenvalue weighted by Crippen LogP contribution is -2.56. The molecular formula is C25H39NO2S. The molecule has 1 aromatic carbocycles. The Kier molecular flexibility index (Phi) is 5.43. The van der Waals surface area contributed by atoms with Crippen LogP contribution in [0.1, 0.15) is 86.1 Å². The van der Waals surface area contributed by atoms with Crippen molar-refractivity contribution in [3.05, 3.63) is 27.8 Å². The van der Waals surface area contributed by atoms with Gasteiger partial charge < -0.3 is 0 Å². The normalized spacial score (nSPS) is 32.0. The third kappa shape index (κ3) is 3.48. The Labute approximate surface area is 178 Å². The lowest BCUT2D eigenvalue weighted by Gasteiger charge is -2.59. The molecule has 0 aromatic heterocycles. The summed E-state index contributed by atoms with van der Waals surface area (Å²) in [5.74, 6) is 2.49. The molecule has 1 unspecified atom stereocenters. The van der Waals surface area contributed by atoms with E-state index in [1.165, 1.54) is 44.1 Å². The van der Waals surface area contributed by atoms with Crippen molar-refractivity contribution in [3.63, 3.8) is 0 Å². The smallest absolute Gasteiger partial charge is 0.207 e. The first-order valence-electron chi connectivity index (χ1n) is 11.7. The molecule has 3 nitrogen and oxygen atoms in total. The predicted octanol–water partition coefficient (Wildman–Crippen LogP) is 5.89. The Morgan fingerprint density at radius 1 is 0.828 bits per heavy atom. The molecule has 4 heteroatoms. The van der Waals surface area contributed by atoms with E-state index >= 15 is 0 Å². The number of rotatable bonds is 6. The lowest BCUT2D eigenvalue weighted by molar-refractivity contribution is -0.0712. The van der Waals surface area contributed by atoms with Crippen LogP contribution in [0.15, 0.2) is 4.90 Å². The van der Waals surface area contributed by atoms with Gasteiger partial charge in [-0.15, -0.1) is 0 Å². The maximum Gasteiger partial charge on any atom is 0.241 e. The number of nitrogens with one attached hydrogen (secondary N) is 1. The second-order valence-electron chi connectivity index (χ2n) is 10.7. The van der Waals surface area contributed by atoms with Crippen molar-refractivity contribution >= 4 is 10.0 Å². The Morgan fingerprint density at radius 2 is 1.24 bits per heavy atom. The molecule has 0 radical (unpaired) electrons. The van der Waals surface area contributed by atoms with E-state index in [0.717, 1.165) is 52.8 Å². The first-order chi connectivity index (χ1) is 13.6. The average Bonchev–Trinajstić information content (AvgIpc) is 2.63. The fraction of sp³-hybridized carbons (Fsp3) is 0.760. The van der Waals surface area contributed by atoms with Crippen molar-refractivity contribution in [1.82, 2.24) is 4.72 Å². The molecule has 162 valence electrons. The highest BCUT2D eigenvalue weighted by atomic mass is 32.2. The van der Waals surface area contributed by atoms with Crippen LogP contribution in [-0.4, -0.2) is 14.5 Å². The SMILES string of the molecule is CCCC(NS(=O)(=O)c1c(C)c(C)c(C)c(C)c1C)C12CC3CC(CC(C3)C1)C2. The van der Waals surface area contributed by atoms with Gasteiger partial charge in [0.25, 0.3) is 0 Å². The van der Waals surface area contributed by atoms with Gasteiger partial charge in [0.05, 0.1) is 4.90 Å². The second-order valence-corrected chi connectivity index (χ2v) is 12.3. The van der Waals surface area contributed by atoms with Gasteiger partial charge in [0, 0.05) is 6.04 Å². The van der Waals surface area contributed by atoms with E-state index in [0.29, 0.717) is 4.90 Å². The van der Waals surface area contributed by atoms with Crippen LogP contribution in [-0.2, 0) is 10.0 Å². The van der Waals surface area contributed by atoms with Crippen molar-refractivity contribution in [2.75, 3.05) is 0 Å². The maximum atomic E-state index is 13.8. The minimum Gasteiger partial charge on any atom is -0.207 e. The summed E-state index contributed by atoms with van der Waals surface area (Å²) >= 11 is 0. The summed E-state index contributed by atoms with van der Waals surface area (Å²) in [6.07, 6.45) is 9.84. The molecule has 4 aliphatic carbocycles. The molecule has 4 aliphatic rings. The predicted molar refractivity (Wildman–Crippen MR) is 120 cm³/mol. The molecule has 4 bridgehead atoms. The fourth-order valence-corrected chi connectivity index (χ4v) is 9.47. The quantitative estimate of drug-likeness (QED) is 0.627. The fourth-order valence-electron chi connectivity index (χ4n) is 7.50. The van der Waals surface area contributed by atoms with Crippen LogP contribution in [0, 0.1) is 57.8 Å². The Morgan fingerprint density at radius 3 is 1.66 bits per heavy atom. The highest BCUT2D eigenvalue weighted by Gasteiger charge is 2.54. The van der Waals surface area contributed by atoms with Crippen LogP contribution in [0.25, 0.3) is 0 Å². The van der Waals surface area contributed by atoms with E-state index in [9.17, 15) is 8.42 Å². The second kappa shape index (κ2) is 7.37. The van der Waals surface area contributed by atoms with Crippen LogP contribution >= 0.6 is 0 Å². The maximum absolute atomic E-state index is 13.8. The van der Waals surface area contributed by atoms with Gasteiger partial charge in [-0.3, -0.25) is 0 Å². The summed E-state index contributed by atoms with van der Waals surface area (Å²) < 4.78 is 30.8. The standard InChI is InChI=1S/C25H39NO2S/c1-7-8-23(25-12-20-9-21(13-25)11-22(10-20)14-25)26-29(27,28)24-18(5)16(3)15(2)17(4)19(24)6/h20-23,26H,7-14H2,1-6H3. The summed E-state index contributed by atoms with van der Waals surface area (Å²) in [4.78, 5) is 0.531. The Balaban J connectivity index is 1.71. The van der Waals surface area contributed by atoms with Gasteiger partial charge in [0.15, 0.2) is 0 Å². The zero-order chi connectivity index (χ0) is 21.1. The molecule has 5 rings (SSSR count). The number of sulfonamides is 1. The van der Waals surface area contributed by atoms with Crippen molar-refractivity contribution in [2.24, 2.45) is 23.2 Å². The molecule has 0 spiro atoms.